The Bertz CT molecular complexity index is 348. The van der Waals surface area contributed by atoms with Crippen LogP contribution in [0.15, 0.2) is 0 Å². The maximum Gasteiger partial charge on any atom is 0.150 e. The summed E-state index contributed by atoms with van der Waals surface area (Å²) in [7, 11) is 1.96. The normalized spacial score (nSPS) is 20.7. The number of nitrogens with zero attached hydrogens (tertiary/aromatic N) is 3. The highest BCUT2D eigenvalue weighted by atomic mass is 15.3. The van der Waals surface area contributed by atoms with E-state index in [0.717, 1.165) is 30.9 Å². The van der Waals surface area contributed by atoms with Gasteiger partial charge in [0, 0.05) is 13.5 Å². The van der Waals surface area contributed by atoms with Crippen molar-refractivity contribution in [2.75, 3.05) is 0 Å². The summed E-state index contributed by atoms with van der Waals surface area (Å²) in [6, 6.07) is 0. The van der Waals surface area contributed by atoms with Crippen molar-refractivity contribution in [2.24, 2.45) is 12.8 Å². The second kappa shape index (κ2) is 4.53. The van der Waals surface area contributed by atoms with Crippen molar-refractivity contribution < 1.29 is 0 Å². The third kappa shape index (κ3) is 2.12. The molecule has 90 valence electrons. The third-order valence-electron chi connectivity index (χ3n) is 3.56. The second-order valence-electron chi connectivity index (χ2n) is 4.90. The molecule has 0 saturated heterocycles. The van der Waals surface area contributed by atoms with Crippen LogP contribution < -0.4 is 5.73 Å². The van der Waals surface area contributed by atoms with E-state index < -0.39 is 0 Å². The van der Waals surface area contributed by atoms with Gasteiger partial charge in [0.2, 0.25) is 0 Å². The molecule has 0 unspecified atom stereocenters. The fourth-order valence-corrected chi connectivity index (χ4v) is 2.60. The van der Waals surface area contributed by atoms with Gasteiger partial charge < -0.3 is 5.73 Å². The van der Waals surface area contributed by atoms with Gasteiger partial charge in [-0.3, -0.25) is 4.68 Å². The maximum atomic E-state index is 6.53. The van der Waals surface area contributed by atoms with Crippen molar-refractivity contribution >= 4 is 0 Å². The quantitative estimate of drug-likeness (QED) is 0.777. The van der Waals surface area contributed by atoms with Gasteiger partial charge in [-0.2, -0.15) is 5.10 Å². The number of rotatable bonds is 2. The zero-order chi connectivity index (χ0) is 11.6. The number of hydrogen-bond donors (Lipinski definition) is 1. The molecule has 4 heteroatoms. The summed E-state index contributed by atoms with van der Waals surface area (Å²) in [6.45, 7) is 2.08. The minimum Gasteiger partial charge on any atom is -0.319 e. The van der Waals surface area contributed by atoms with Gasteiger partial charge in [0.15, 0.2) is 5.82 Å². The first-order valence-electron chi connectivity index (χ1n) is 6.35. The molecule has 1 aromatic heterocycles. The van der Waals surface area contributed by atoms with Crippen LogP contribution >= 0.6 is 0 Å². The number of aromatic nitrogens is 3. The average molecular weight is 222 g/mol. The molecule has 1 aliphatic carbocycles. The molecular formula is C12H22N4. The van der Waals surface area contributed by atoms with E-state index in [1.165, 1.54) is 25.7 Å². The van der Waals surface area contributed by atoms with Crippen molar-refractivity contribution in [3.05, 3.63) is 11.6 Å². The molecule has 0 spiro atoms. The highest BCUT2D eigenvalue weighted by Crippen LogP contribution is 2.32. The Morgan fingerprint density at radius 1 is 1.25 bits per heavy atom. The second-order valence-corrected chi connectivity index (χ2v) is 4.90. The lowest BCUT2D eigenvalue weighted by molar-refractivity contribution is 0.348. The molecule has 0 aromatic carbocycles. The minimum absolute atomic E-state index is 0.244. The monoisotopic (exact) mass is 222 g/mol. The highest BCUT2D eigenvalue weighted by Gasteiger charge is 2.32. The van der Waals surface area contributed by atoms with E-state index in [1.807, 2.05) is 11.7 Å². The molecule has 1 aliphatic rings. The van der Waals surface area contributed by atoms with E-state index >= 15 is 0 Å². The molecule has 0 radical (unpaired) electrons. The Kier molecular flexibility index (Phi) is 3.28. The molecule has 1 saturated carbocycles. The van der Waals surface area contributed by atoms with Crippen LogP contribution in [0, 0.1) is 0 Å². The van der Waals surface area contributed by atoms with Crippen molar-refractivity contribution in [2.45, 2.75) is 57.4 Å². The number of aryl methyl sites for hydroxylation is 2. The van der Waals surface area contributed by atoms with Crippen molar-refractivity contribution in [3.8, 4) is 0 Å². The SMILES string of the molecule is CCc1nc(C2(N)CCCCCC2)n(C)n1. The first-order chi connectivity index (χ1) is 7.65. The minimum atomic E-state index is -0.244. The van der Waals surface area contributed by atoms with Crippen LogP contribution in [-0.4, -0.2) is 14.8 Å². The topological polar surface area (TPSA) is 56.7 Å². The van der Waals surface area contributed by atoms with Crippen LogP contribution in [0.1, 0.15) is 57.1 Å². The van der Waals surface area contributed by atoms with E-state index in [0.29, 0.717) is 0 Å². The van der Waals surface area contributed by atoms with E-state index in [4.69, 9.17) is 5.73 Å². The Hall–Kier alpha value is -0.900. The summed E-state index contributed by atoms with van der Waals surface area (Å²) in [6.07, 6.45) is 8.00. The highest BCUT2D eigenvalue weighted by molar-refractivity contribution is 5.07. The van der Waals surface area contributed by atoms with Crippen LogP contribution in [0.3, 0.4) is 0 Å². The summed E-state index contributed by atoms with van der Waals surface area (Å²) >= 11 is 0. The van der Waals surface area contributed by atoms with Crippen LogP contribution in [0.25, 0.3) is 0 Å². The standard InChI is InChI=1S/C12H22N4/c1-3-10-14-11(16(2)15-10)12(13)8-6-4-5-7-9-12/h3-9,13H2,1-2H3. The molecule has 16 heavy (non-hydrogen) atoms. The van der Waals surface area contributed by atoms with E-state index in [-0.39, 0.29) is 5.54 Å². The summed E-state index contributed by atoms with van der Waals surface area (Å²) in [5, 5.41) is 4.41. The van der Waals surface area contributed by atoms with Gasteiger partial charge in [-0.05, 0) is 12.8 Å². The van der Waals surface area contributed by atoms with E-state index in [2.05, 4.69) is 17.0 Å². The van der Waals surface area contributed by atoms with Gasteiger partial charge in [-0.25, -0.2) is 4.98 Å². The molecular weight excluding hydrogens is 200 g/mol. The van der Waals surface area contributed by atoms with Gasteiger partial charge in [-0.15, -0.1) is 0 Å². The summed E-state index contributed by atoms with van der Waals surface area (Å²) in [5.74, 6) is 1.89. The fourth-order valence-electron chi connectivity index (χ4n) is 2.60. The zero-order valence-electron chi connectivity index (χ0n) is 10.4. The van der Waals surface area contributed by atoms with Gasteiger partial charge >= 0.3 is 0 Å². The van der Waals surface area contributed by atoms with Crippen molar-refractivity contribution in [3.63, 3.8) is 0 Å². The lowest BCUT2D eigenvalue weighted by Gasteiger charge is -2.26. The zero-order valence-corrected chi connectivity index (χ0v) is 10.4. The Labute approximate surface area is 97.2 Å². The van der Waals surface area contributed by atoms with Crippen LogP contribution in [0.5, 0.6) is 0 Å². The summed E-state index contributed by atoms with van der Waals surface area (Å²) in [5.41, 5.74) is 6.28. The average Bonchev–Trinajstić information content (AvgIpc) is 2.51. The van der Waals surface area contributed by atoms with Crippen LogP contribution in [-0.2, 0) is 19.0 Å². The van der Waals surface area contributed by atoms with Gasteiger partial charge in [0.1, 0.15) is 5.82 Å². The van der Waals surface area contributed by atoms with Crippen molar-refractivity contribution in [1.82, 2.24) is 14.8 Å². The predicted octanol–water partition coefficient (Wildman–Crippen LogP) is 1.89. The first-order valence-corrected chi connectivity index (χ1v) is 6.35. The smallest absolute Gasteiger partial charge is 0.150 e. The third-order valence-corrected chi connectivity index (χ3v) is 3.56. The first kappa shape index (κ1) is 11.6. The molecule has 2 rings (SSSR count). The lowest BCUT2D eigenvalue weighted by atomic mass is 9.90. The van der Waals surface area contributed by atoms with Crippen LogP contribution in [0.4, 0.5) is 0 Å². The summed E-state index contributed by atoms with van der Waals surface area (Å²) in [4.78, 5) is 4.59. The summed E-state index contributed by atoms with van der Waals surface area (Å²) < 4.78 is 1.88. The molecule has 4 nitrogen and oxygen atoms in total. The maximum absolute atomic E-state index is 6.53. The Balaban J connectivity index is 2.28. The molecule has 1 heterocycles. The van der Waals surface area contributed by atoms with Gasteiger partial charge in [0.05, 0.1) is 5.54 Å². The molecule has 2 N–H and O–H groups in total. The molecule has 1 aromatic rings. The van der Waals surface area contributed by atoms with Crippen molar-refractivity contribution in [1.29, 1.82) is 0 Å². The van der Waals surface area contributed by atoms with Gasteiger partial charge in [0.25, 0.3) is 0 Å². The largest absolute Gasteiger partial charge is 0.319 e. The molecule has 0 aliphatic heterocycles. The predicted molar refractivity (Wildman–Crippen MR) is 63.9 cm³/mol. The Morgan fingerprint density at radius 3 is 2.38 bits per heavy atom. The molecule has 0 bridgehead atoms. The number of hydrogen-bond acceptors (Lipinski definition) is 3. The molecule has 0 atom stereocenters. The Morgan fingerprint density at radius 2 is 1.88 bits per heavy atom. The molecule has 1 fully saturated rings. The van der Waals surface area contributed by atoms with E-state index in [1.54, 1.807) is 0 Å². The van der Waals surface area contributed by atoms with Crippen LogP contribution in [0.2, 0.25) is 0 Å². The lowest BCUT2D eigenvalue weighted by Crippen LogP contribution is -2.38. The van der Waals surface area contributed by atoms with Gasteiger partial charge in [-0.1, -0.05) is 32.6 Å². The fraction of sp³-hybridized carbons (Fsp3) is 0.833. The van der Waals surface area contributed by atoms with E-state index in [9.17, 15) is 0 Å². The number of nitrogens with two attached hydrogens (primary N) is 1. The molecule has 0 amide bonds.